The van der Waals surface area contributed by atoms with Crippen LogP contribution in [0, 0.1) is 0 Å². The Morgan fingerprint density at radius 3 is 1.77 bits per heavy atom. The summed E-state index contributed by atoms with van der Waals surface area (Å²) in [7, 11) is 0. The van der Waals surface area contributed by atoms with E-state index >= 15 is 0 Å². The Balaban J connectivity index is 0. The Morgan fingerprint density at radius 1 is 1.15 bits per heavy atom. The zero-order chi connectivity index (χ0) is 9.61. The highest BCUT2D eigenvalue weighted by Gasteiger charge is 2.27. The summed E-state index contributed by atoms with van der Waals surface area (Å²) in [5.41, 5.74) is -1.31. The summed E-state index contributed by atoms with van der Waals surface area (Å²) in [6, 6.07) is 0. The van der Waals surface area contributed by atoms with E-state index in [2.05, 4.69) is 5.32 Å². The van der Waals surface area contributed by atoms with Gasteiger partial charge in [0, 0.05) is 0 Å². The van der Waals surface area contributed by atoms with Gasteiger partial charge in [0.1, 0.15) is 0 Å². The Labute approximate surface area is 75.6 Å². The monoisotopic (exact) mass is 196 g/mol. The number of rotatable bonds is 6. The molecule has 0 saturated carbocycles. The number of nitrogens with one attached hydrogen (secondary N) is 1. The van der Waals surface area contributed by atoms with Crippen molar-refractivity contribution in [3.63, 3.8) is 0 Å². The molecule has 0 amide bonds. The lowest BCUT2D eigenvalue weighted by Crippen LogP contribution is -2.56. The summed E-state index contributed by atoms with van der Waals surface area (Å²) in [4.78, 5) is 10.1. The van der Waals surface area contributed by atoms with Crippen molar-refractivity contribution < 1.29 is 25.2 Å². The van der Waals surface area contributed by atoms with Crippen molar-refractivity contribution in [1.29, 1.82) is 0 Å². The lowest BCUT2D eigenvalue weighted by atomic mass is 10.0. The Bertz CT molecular complexity index is 140. The first kappa shape index (κ1) is 14.8. The minimum atomic E-state index is -1.31. The molecule has 0 radical (unpaired) electrons. The molecular formula is C6H16N2O5. The number of aliphatic hydroxyl groups is 3. The zero-order valence-electron chi connectivity index (χ0n) is 7.23. The molecule has 0 saturated heterocycles. The first-order chi connectivity index (χ1) is 5.60. The van der Waals surface area contributed by atoms with E-state index in [1.165, 1.54) is 0 Å². The maximum Gasteiger partial charge on any atom is 0.317 e. The summed E-state index contributed by atoms with van der Waals surface area (Å²) >= 11 is 0. The van der Waals surface area contributed by atoms with Gasteiger partial charge >= 0.3 is 5.97 Å². The van der Waals surface area contributed by atoms with E-state index in [1.807, 2.05) is 0 Å². The van der Waals surface area contributed by atoms with Crippen LogP contribution in [0.5, 0.6) is 0 Å². The molecule has 80 valence electrons. The third kappa shape index (κ3) is 4.76. The minimum absolute atomic E-state index is 0. The Hall–Kier alpha value is -0.730. The molecule has 0 aromatic heterocycles. The van der Waals surface area contributed by atoms with E-state index in [1.54, 1.807) is 0 Å². The first-order valence-electron chi connectivity index (χ1n) is 3.39. The number of carboxylic acid groups (broad SMARTS) is 1. The van der Waals surface area contributed by atoms with Gasteiger partial charge in [-0.1, -0.05) is 0 Å². The lowest BCUT2D eigenvalue weighted by Gasteiger charge is -2.27. The standard InChI is InChI=1S/C6H13NO5.H3N/c8-2-6(3-9,4-10)7-1-5(11)12;/h7-10H,1-4H2,(H,11,12);1H3. The van der Waals surface area contributed by atoms with Gasteiger partial charge in [0.15, 0.2) is 0 Å². The molecule has 8 N–H and O–H groups in total. The molecule has 0 fully saturated rings. The molecule has 0 aromatic rings. The highest BCUT2D eigenvalue weighted by atomic mass is 16.4. The minimum Gasteiger partial charge on any atom is -0.480 e. The number of hydrogen-bond donors (Lipinski definition) is 6. The summed E-state index contributed by atoms with van der Waals surface area (Å²) in [6.45, 7) is -1.98. The zero-order valence-corrected chi connectivity index (χ0v) is 7.23. The van der Waals surface area contributed by atoms with E-state index in [-0.39, 0.29) is 6.15 Å². The maximum absolute atomic E-state index is 10.1. The first-order valence-corrected chi connectivity index (χ1v) is 3.39. The second-order valence-electron chi connectivity index (χ2n) is 2.50. The fourth-order valence-corrected chi connectivity index (χ4v) is 0.581. The largest absolute Gasteiger partial charge is 0.480 e. The molecule has 7 nitrogen and oxygen atoms in total. The predicted molar refractivity (Wildman–Crippen MR) is 44.6 cm³/mol. The van der Waals surface area contributed by atoms with Crippen LogP contribution in [0.3, 0.4) is 0 Å². The van der Waals surface area contributed by atoms with Crippen LogP contribution in [0.1, 0.15) is 0 Å². The van der Waals surface area contributed by atoms with Gasteiger partial charge in [-0.15, -0.1) is 0 Å². The van der Waals surface area contributed by atoms with Crippen molar-refractivity contribution in [3.05, 3.63) is 0 Å². The van der Waals surface area contributed by atoms with Crippen LogP contribution in [0.25, 0.3) is 0 Å². The molecule has 0 aromatic carbocycles. The molecule has 0 atom stereocenters. The number of hydrogen-bond acceptors (Lipinski definition) is 6. The lowest BCUT2D eigenvalue weighted by molar-refractivity contribution is -0.136. The van der Waals surface area contributed by atoms with E-state index in [0.29, 0.717) is 0 Å². The van der Waals surface area contributed by atoms with Gasteiger partial charge in [-0.05, 0) is 0 Å². The highest BCUT2D eigenvalue weighted by molar-refractivity contribution is 5.69. The van der Waals surface area contributed by atoms with Crippen LogP contribution in [0.4, 0.5) is 0 Å². The Kier molecular flexibility index (Phi) is 7.67. The van der Waals surface area contributed by atoms with Gasteiger partial charge in [0.25, 0.3) is 0 Å². The number of carbonyl (C=O) groups is 1. The third-order valence-electron chi connectivity index (χ3n) is 1.52. The van der Waals surface area contributed by atoms with E-state index < -0.39 is 37.9 Å². The summed E-state index contributed by atoms with van der Waals surface area (Å²) in [5, 5.41) is 36.7. The van der Waals surface area contributed by atoms with Crippen LogP contribution in [-0.4, -0.2) is 58.3 Å². The normalized spacial score (nSPS) is 10.7. The van der Waals surface area contributed by atoms with Crippen LogP contribution in [0.2, 0.25) is 0 Å². The topological polar surface area (TPSA) is 145 Å². The number of carboxylic acids is 1. The molecule has 0 heterocycles. The van der Waals surface area contributed by atoms with Crippen LogP contribution in [-0.2, 0) is 4.79 Å². The third-order valence-corrected chi connectivity index (χ3v) is 1.52. The quantitative estimate of drug-likeness (QED) is 0.276. The van der Waals surface area contributed by atoms with Crippen molar-refractivity contribution in [2.75, 3.05) is 26.4 Å². The fourth-order valence-electron chi connectivity index (χ4n) is 0.581. The second kappa shape index (κ2) is 6.75. The van der Waals surface area contributed by atoms with Gasteiger partial charge in [-0.3, -0.25) is 10.1 Å². The van der Waals surface area contributed by atoms with Crippen molar-refractivity contribution >= 4 is 5.97 Å². The maximum atomic E-state index is 10.1. The molecule has 0 aliphatic carbocycles. The van der Waals surface area contributed by atoms with Gasteiger partial charge < -0.3 is 26.6 Å². The number of aliphatic hydroxyl groups excluding tert-OH is 3. The second-order valence-corrected chi connectivity index (χ2v) is 2.50. The van der Waals surface area contributed by atoms with Gasteiger partial charge in [-0.25, -0.2) is 0 Å². The fraction of sp³-hybridized carbons (Fsp3) is 0.833. The van der Waals surface area contributed by atoms with E-state index in [9.17, 15) is 4.79 Å². The van der Waals surface area contributed by atoms with Gasteiger partial charge in [0.05, 0.1) is 31.9 Å². The Morgan fingerprint density at radius 2 is 1.54 bits per heavy atom. The summed E-state index contributed by atoms with van der Waals surface area (Å²) in [6.07, 6.45) is 0. The van der Waals surface area contributed by atoms with Crippen molar-refractivity contribution in [3.8, 4) is 0 Å². The molecule has 0 aliphatic heterocycles. The van der Waals surface area contributed by atoms with Crippen LogP contribution in [0.15, 0.2) is 0 Å². The van der Waals surface area contributed by atoms with Crippen LogP contribution >= 0.6 is 0 Å². The van der Waals surface area contributed by atoms with E-state index in [0.717, 1.165) is 0 Å². The van der Waals surface area contributed by atoms with Crippen molar-refractivity contribution in [2.24, 2.45) is 0 Å². The van der Waals surface area contributed by atoms with Crippen molar-refractivity contribution in [2.45, 2.75) is 5.54 Å². The molecule has 0 aliphatic rings. The highest BCUT2D eigenvalue weighted by Crippen LogP contribution is 1.99. The molecule has 13 heavy (non-hydrogen) atoms. The van der Waals surface area contributed by atoms with Crippen molar-refractivity contribution in [1.82, 2.24) is 11.5 Å². The average Bonchev–Trinajstić information content (AvgIpc) is 2.08. The molecule has 0 rings (SSSR count). The van der Waals surface area contributed by atoms with Gasteiger partial charge in [-0.2, -0.15) is 0 Å². The summed E-state index contributed by atoms with van der Waals surface area (Å²) < 4.78 is 0. The molecule has 0 unspecified atom stereocenters. The molecule has 0 spiro atoms. The van der Waals surface area contributed by atoms with E-state index in [4.69, 9.17) is 20.4 Å². The summed E-state index contributed by atoms with van der Waals surface area (Å²) in [5.74, 6) is -1.12. The molecule has 0 bridgehead atoms. The molecular weight excluding hydrogens is 180 g/mol. The average molecular weight is 196 g/mol. The smallest absolute Gasteiger partial charge is 0.317 e. The predicted octanol–water partition coefficient (Wildman–Crippen LogP) is -2.46. The molecule has 7 heteroatoms. The van der Waals surface area contributed by atoms with Crippen LogP contribution < -0.4 is 11.5 Å². The number of aliphatic carboxylic acids is 1. The van der Waals surface area contributed by atoms with Gasteiger partial charge in [0.2, 0.25) is 0 Å². The SMILES string of the molecule is N.O=C(O)CNC(CO)(CO)CO.